The van der Waals surface area contributed by atoms with Gasteiger partial charge in [-0.05, 0) is 48.4 Å². The summed E-state index contributed by atoms with van der Waals surface area (Å²) in [6.45, 7) is 2.32. The Morgan fingerprint density at radius 2 is 2.00 bits per heavy atom. The van der Waals surface area contributed by atoms with Crippen LogP contribution in [0.25, 0.3) is 0 Å². The number of aryl methyl sites for hydroxylation is 1. The van der Waals surface area contributed by atoms with Gasteiger partial charge < -0.3 is 15.2 Å². The maximum Gasteiger partial charge on any atom is 0.136 e. The van der Waals surface area contributed by atoms with Gasteiger partial charge in [0.15, 0.2) is 0 Å². The highest BCUT2D eigenvalue weighted by molar-refractivity contribution is 5.49. The number of hydrogen-bond acceptors (Lipinski definition) is 4. The van der Waals surface area contributed by atoms with Crippen molar-refractivity contribution in [1.82, 2.24) is 0 Å². The molecule has 4 nitrogen and oxygen atoms in total. The van der Waals surface area contributed by atoms with Gasteiger partial charge in [0.1, 0.15) is 24.2 Å². The smallest absolute Gasteiger partial charge is 0.136 e. The molecule has 0 saturated heterocycles. The first-order chi connectivity index (χ1) is 9.63. The number of nitrogens with zero attached hydrogens (tertiary/aromatic N) is 1. The lowest BCUT2D eigenvalue weighted by molar-refractivity contribution is 0.306. The Hall–Kier alpha value is -2.67. The predicted molar refractivity (Wildman–Crippen MR) is 77.6 cm³/mol. The van der Waals surface area contributed by atoms with Crippen molar-refractivity contribution in [1.29, 1.82) is 5.26 Å². The van der Waals surface area contributed by atoms with Gasteiger partial charge in [-0.3, -0.25) is 0 Å². The molecule has 0 atom stereocenters. The normalized spacial score (nSPS) is 9.85. The first-order valence-corrected chi connectivity index (χ1v) is 6.20. The van der Waals surface area contributed by atoms with Crippen molar-refractivity contribution in [3.8, 4) is 17.6 Å². The Labute approximate surface area is 118 Å². The average molecular weight is 268 g/mol. The summed E-state index contributed by atoms with van der Waals surface area (Å²) in [5, 5.41) is 9.04. The molecule has 0 heterocycles. The molecule has 2 aromatic rings. The van der Waals surface area contributed by atoms with E-state index in [1.54, 1.807) is 19.2 Å². The SMILES string of the molecule is COc1ccc(COc2ccc(N)c(C)c2)cc1C#N. The Morgan fingerprint density at radius 3 is 2.65 bits per heavy atom. The topological polar surface area (TPSA) is 68.3 Å². The number of hydrogen-bond donors (Lipinski definition) is 1. The molecule has 0 aliphatic carbocycles. The minimum atomic E-state index is 0.391. The highest BCUT2D eigenvalue weighted by Crippen LogP contribution is 2.22. The Kier molecular flexibility index (Phi) is 4.11. The third kappa shape index (κ3) is 3.01. The molecule has 0 spiro atoms. The number of ether oxygens (including phenoxy) is 2. The van der Waals surface area contributed by atoms with E-state index >= 15 is 0 Å². The van der Waals surface area contributed by atoms with E-state index in [-0.39, 0.29) is 0 Å². The molecule has 0 bridgehead atoms. The van der Waals surface area contributed by atoms with Crippen LogP contribution in [-0.4, -0.2) is 7.11 Å². The number of benzene rings is 2. The van der Waals surface area contributed by atoms with Gasteiger partial charge >= 0.3 is 0 Å². The largest absolute Gasteiger partial charge is 0.495 e. The van der Waals surface area contributed by atoms with Crippen LogP contribution in [0.5, 0.6) is 11.5 Å². The number of rotatable bonds is 4. The van der Waals surface area contributed by atoms with E-state index < -0.39 is 0 Å². The van der Waals surface area contributed by atoms with Crippen LogP contribution in [-0.2, 0) is 6.61 Å². The van der Waals surface area contributed by atoms with Crippen molar-refractivity contribution in [2.45, 2.75) is 13.5 Å². The summed E-state index contributed by atoms with van der Waals surface area (Å²) in [7, 11) is 1.55. The molecule has 0 radical (unpaired) electrons. The fourth-order valence-electron chi connectivity index (χ4n) is 1.84. The van der Waals surface area contributed by atoms with Crippen molar-refractivity contribution in [2.24, 2.45) is 0 Å². The second-order valence-corrected chi connectivity index (χ2v) is 4.45. The van der Waals surface area contributed by atoms with Gasteiger partial charge in [-0.2, -0.15) is 5.26 Å². The molecular weight excluding hydrogens is 252 g/mol. The minimum Gasteiger partial charge on any atom is -0.495 e. The summed E-state index contributed by atoms with van der Waals surface area (Å²) in [5.41, 5.74) is 8.90. The summed E-state index contributed by atoms with van der Waals surface area (Å²) in [5.74, 6) is 1.32. The molecule has 2 rings (SSSR count). The van der Waals surface area contributed by atoms with Crippen LogP contribution >= 0.6 is 0 Å². The molecule has 0 fully saturated rings. The molecule has 0 aliphatic rings. The van der Waals surface area contributed by atoms with Crippen LogP contribution in [0, 0.1) is 18.3 Å². The van der Waals surface area contributed by atoms with Gasteiger partial charge in [-0.25, -0.2) is 0 Å². The maximum atomic E-state index is 9.04. The van der Waals surface area contributed by atoms with Crippen molar-refractivity contribution in [3.63, 3.8) is 0 Å². The Morgan fingerprint density at radius 1 is 1.20 bits per heavy atom. The zero-order valence-electron chi connectivity index (χ0n) is 11.5. The molecule has 0 amide bonds. The molecule has 4 heteroatoms. The van der Waals surface area contributed by atoms with Gasteiger partial charge in [0, 0.05) is 5.69 Å². The monoisotopic (exact) mass is 268 g/mol. The minimum absolute atomic E-state index is 0.391. The fourth-order valence-corrected chi connectivity index (χ4v) is 1.84. The lowest BCUT2D eigenvalue weighted by Crippen LogP contribution is -1.98. The highest BCUT2D eigenvalue weighted by Gasteiger charge is 2.04. The van der Waals surface area contributed by atoms with E-state index in [1.807, 2.05) is 31.2 Å². The molecule has 0 saturated carbocycles. The third-order valence-corrected chi connectivity index (χ3v) is 3.03. The van der Waals surface area contributed by atoms with Crippen LogP contribution in [0.2, 0.25) is 0 Å². The van der Waals surface area contributed by atoms with Crippen LogP contribution in [0.3, 0.4) is 0 Å². The summed E-state index contributed by atoms with van der Waals surface area (Å²) < 4.78 is 10.8. The molecule has 2 N–H and O–H groups in total. The zero-order valence-corrected chi connectivity index (χ0v) is 11.5. The van der Waals surface area contributed by atoms with Gasteiger partial charge in [0.25, 0.3) is 0 Å². The van der Waals surface area contributed by atoms with Gasteiger partial charge in [0.05, 0.1) is 12.7 Å². The number of nitriles is 1. The predicted octanol–water partition coefficient (Wildman–Crippen LogP) is 3.04. The number of nitrogens with two attached hydrogens (primary N) is 1. The maximum absolute atomic E-state index is 9.04. The first-order valence-electron chi connectivity index (χ1n) is 6.20. The van der Waals surface area contributed by atoms with Crippen LogP contribution in [0.4, 0.5) is 5.69 Å². The van der Waals surface area contributed by atoms with E-state index in [1.165, 1.54) is 0 Å². The van der Waals surface area contributed by atoms with E-state index in [0.717, 1.165) is 22.6 Å². The third-order valence-electron chi connectivity index (χ3n) is 3.03. The van der Waals surface area contributed by atoms with E-state index in [2.05, 4.69) is 6.07 Å². The Bertz CT molecular complexity index is 660. The van der Waals surface area contributed by atoms with Gasteiger partial charge in [0.2, 0.25) is 0 Å². The summed E-state index contributed by atoms with van der Waals surface area (Å²) >= 11 is 0. The summed E-state index contributed by atoms with van der Waals surface area (Å²) in [4.78, 5) is 0. The van der Waals surface area contributed by atoms with Gasteiger partial charge in [-0.1, -0.05) is 6.07 Å². The van der Waals surface area contributed by atoms with Crippen LogP contribution in [0.15, 0.2) is 36.4 Å². The quantitative estimate of drug-likeness (QED) is 0.865. The van der Waals surface area contributed by atoms with E-state index in [4.69, 9.17) is 20.5 Å². The van der Waals surface area contributed by atoms with Crippen molar-refractivity contribution in [2.75, 3.05) is 12.8 Å². The molecule has 102 valence electrons. The number of nitrogen functional groups attached to an aromatic ring is 1. The first kappa shape index (κ1) is 13.8. The molecular formula is C16H16N2O2. The molecule has 2 aromatic carbocycles. The Balaban J connectivity index is 2.11. The number of anilines is 1. The van der Waals surface area contributed by atoms with Crippen molar-refractivity contribution < 1.29 is 9.47 Å². The second-order valence-electron chi connectivity index (χ2n) is 4.45. The van der Waals surface area contributed by atoms with Gasteiger partial charge in [-0.15, -0.1) is 0 Å². The molecule has 0 unspecified atom stereocenters. The number of methoxy groups -OCH3 is 1. The zero-order chi connectivity index (χ0) is 14.5. The lowest BCUT2D eigenvalue weighted by atomic mass is 10.1. The highest BCUT2D eigenvalue weighted by atomic mass is 16.5. The fraction of sp³-hybridized carbons (Fsp3) is 0.188. The summed E-state index contributed by atoms with van der Waals surface area (Å²) in [6, 6.07) is 13.1. The molecule has 20 heavy (non-hydrogen) atoms. The molecule has 0 aromatic heterocycles. The summed E-state index contributed by atoms with van der Waals surface area (Å²) in [6.07, 6.45) is 0. The van der Waals surface area contributed by atoms with Crippen molar-refractivity contribution in [3.05, 3.63) is 53.1 Å². The van der Waals surface area contributed by atoms with E-state index in [0.29, 0.717) is 17.9 Å². The van der Waals surface area contributed by atoms with Crippen LogP contribution in [0.1, 0.15) is 16.7 Å². The molecule has 0 aliphatic heterocycles. The average Bonchev–Trinajstić information content (AvgIpc) is 2.48. The lowest BCUT2D eigenvalue weighted by Gasteiger charge is -2.09. The second kappa shape index (κ2) is 5.98. The van der Waals surface area contributed by atoms with Crippen LogP contribution < -0.4 is 15.2 Å². The standard InChI is InChI=1S/C16H16N2O2/c1-11-7-14(4-5-15(11)18)20-10-12-3-6-16(19-2)13(8-12)9-17/h3-8H,10,18H2,1-2H3. The van der Waals surface area contributed by atoms with Crippen molar-refractivity contribution >= 4 is 5.69 Å². The van der Waals surface area contributed by atoms with E-state index in [9.17, 15) is 0 Å².